The predicted octanol–water partition coefficient (Wildman–Crippen LogP) is 5.28. The smallest absolute Gasteiger partial charge is 0.351 e. The number of hydrogen-bond acceptors (Lipinski definition) is 7. The normalized spacial score (nSPS) is 29.1. The highest BCUT2D eigenvalue weighted by Gasteiger charge is 2.67. The summed E-state index contributed by atoms with van der Waals surface area (Å²) in [7, 11) is -6.49. The number of aryl methyl sites for hydroxylation is 1. The van der Waals surface area contributed by atoms with Crippen molar-refractivity contribution < 1.29 is 31.1 Å². The number of esters is 1. The summed E-state index contributed by atoms with van der Waals surface area (Å²) >= 11 is 0. The van der Waals surface area contributed by atoms with E-state index in [0.717, 1.165) is 76.2 Å². The van der Waals surface area contributed by atoms with Crippen LogP contribution in [0, 0.1) is 23.7 Å². The van der Waals surface area contributed by atoms with E-state index in [-0.39, 0.29) is 34.1 Å². The van der Waals surface area contributed by atoms with Gasteiger partial charge < -0.3 is 9.47 Å². The Hall–Kier alpha value is -1.53. The lowest BCUT2D eigenvalue weighted by molar-refractivity contribution is -0.169. The zero-order chi connectivity index (χ0) is 31.0. The van der Waals surface area contributed by atoms with Gasteiger partial charge in [0.15, 0.2) is 0 Å². The SMILES string of the molecule is CO[C@H](NS(=O)(=O)c1ccc(C)cc1)C(=O)O[C@@H]1C[C@H]2CC[C@]1(CS(=O)(=O)N(C1CCCCC1)C1CCCCC1)C2(C)C. The molecule has 0 aliphatic heterocycles. The Bertz CT molecular complexity index is 1330. The number of benzene rings is 1. The number of methoxy groups -OCH3 is 1. The van der Waals surface area contributed by atoms with E-state index >= 15 is 0 Å². The summed E-state index contributed by atoms with van der Waals surface area (Å²) in [6.07, 6.45) is 10.0. The number of sulfonamides is 2. The predicted molar refractivity (Wildman–Crippen MR) is 165 cm³/mol. The minimum absolute atomic E-state index is 0.0158. The zero-order valence-electron chi connectivity index (χ0n) is 26.2. The Labute approximate surface area is 258 Å². The van der Waals surface area contributed by atoms with Gasteiger partial charge in [0, 0.05) is 24.6 Å². The zero-order valence-corrected chi connectivity index (χ0v) is 27.9. The highest BCUT2D eigenvalue weighted by Crippen LogP contribution is 2.67. The van der Waals surface area contributed by atoms with E-state index in [2.05, 4.69) is 18.6 Å². The summed E-state index contributed by atoms with van der Waals surface area (Å²) in [5, 5.41) is 0. The summed E-state index contributed by atoms with van der Waals surface area (Å²) in [6, 6.07) is 6.38. The van der Waals surface area contributed by atoms with Gasteiger partial charge in [0.2, 0.25) is 26.3 Å². The third-order valence-corrected chi connectivity index (χ3v) is 14.8. The van der Waals surface area contributed by atoms with E-state index in [1.165, 1.54) is 19.2 Å². The first-order valence-corrected chi connectivity index (χ1v) is 19.2. The van der Waals surface area contributed by atoms with Crippen LogP contribution in [0.25, 0.3) is 0 Å². The molecule has 1 aromatic carbocycles. The highest BCUT2D eigenvalue weighted by molar-refractivity contribution is 7.89. The van der Waals surface area contributed by atoms with Crippen LogP contribution >= 0.6 is 0 Å². The fourth-order valence-electron chi connectivity index (χ4n) is 8.65. The number of carbonyl (C=O) groups is 1. The third-order valence-electron chi connectivity index (χ3n) is 11.3. The fraction of sp³-hybridized carbons (Fsp3) is 0.781. The van der Waals surface area contributed by atoms with E-state index in [9.17, 15) is 21.6 Å². The maximum Gasteiger partial charge on any atom is 0.351 e. The molecule has 0 unspecified atom stereocenters. The van der Waals surface area contributed by atoms with Crippen molar-refractivity contribution in [2.45, 2.75) is 134 Å². The van der Waals surface area contributed by atoms with Gasteiger partial charge in [0.25, 0.3) is 0 Å². The van der Waals surface area contributed by atoms with Crippen LogP contribution in [0.15, 0.2) is 29.2 Å². The lowest BCUT2D eigenvalue weighted by Crippen LogP contribution is -2.55. The fourth-order valence-corrected chi connectivity index (χ4v) is 12.6. The lowest BCUT2D eigenvalue weighted by Gasteiger charge is -2.46. The van der Waals surface area contributed by atoms with Crippen molar-refractivity contribution in [3.63, 3.8) is 0 Å². The number of nitrogens with zero attached hydrogens (tertiary/aromatic N) is 1. The van der Waals surface area contributed by atoms with Gasteiger partial charge >= 0.3 is 5.97 Å². The number of hydrogen-bond donors (Lipinski definition) is 1. The second-order valence-corrected chi connectivity index (χ2v) is 17.6. The van der Waals surface area contributed by atoms with E-state index in [1.54, 1.807) is 12.1 Å². The molecule has 0 heterocycles. The third kappa shape index (κ3) is 6.44. The summed E-state index contributed by atoms with van der Waals surface area (Å²) in [5.74, 6) is -0.690. The minimum atomic E-state index is -4.06. The Morgan fingerprint density at radius 3 is 2.00 bits per heavy atom. The molecule has 0 spiro atoms. The molecule has 11 heteroatoms. The number of ether oxygens (including phenoxy) is 2. The second-order valence-electron chi connectivity index (χ2n) is 14.0. The molecule has 0 radical (unpaired) electrons. The number of nitrogens with one attached hydrogen (secondary N) is 1. The van der Waals surface area contributed by atoms with Crippen LogP contribution in [-0.4, -0.2) is 64.4 Å². The average molecular weight is 639 g/mol. The number of fused-ring (bicyclic) bond motifs is 2. The van der Waals surface area contributed by atoms with Crippen LogP contribution in [0.3, 0.4) is 0 Å². The largest absolute Gasteiger partial charge is 0.459 e. The van der Waals surface area contributed by atoms with Crippen molar-refractivity contribution in [3.05, 3.63) is 29.8 Å². The molecule has 5 rings (SSSR count). The average Bonchev–Trinajstić information content (AvgIpc) is 3.32. The first-order valence-electron chi connectivity index (χ1n) is 16.1. The van der Waals surface area contributed by atoms with Crippen LogP contribution < -0.4 is 4.72 Å². The molecule has 4 atom stereocenters. The van der Waals surface area contributed by atoms with Crippen LogP contribution in [0.4, 0.5) is 0 Å². The van der Waals surface area contributed by atoms with Gasteiger partial charge in [-0.3, -0.25) is 0 Å². The molecule has 43 heavy (non-hydrogen) atoms. The Morgan fingerprint density at radius 2 is 1.49 bits per heavy atom. The van der Waals surface area contributed by atoms with Gasteiger partial charge in [-0.15, -0.1) is 0 Å². The van der Waals surface area contributed by atoms with E-state index in [1.807, 2.05) is 11.2 Å². The first-order chi connectivity index (χ1) is 20.3. The first kappa shape index (κ1) is 32.9. The Kier molecular flexibility index (Phi) is 9.70. The van der Waals surface area contributed by atoms with Crippen molar-refractivity contribution in [2.75, 3.05) is 12.9 Å². The van der Waals surface area contributed by atoms with Crippen LogP contribution in [0.5, 0.6) is 0 Å². The number of rotatable bonds is 11. The van der Waals surface area contributed by atoms with Gasteiger partial charge in [0.1, 0.15) is 6.10 Å². The van der Waals surface area contributed by atoms with Gasteiger partial charge in [-0.1, -0.05) is 70.1 Å². The molecular formula is C32H50N2O7S2. The molecule has 2 bridgehead atoms. The van der Waals surface area contributed by atoms with Crippen molar-refractivity contribution >= 4 is 26.0 Å². The van der Waals surface area contributed by atoms with Crippen LogP contribution in [-0.2, 0) is 34.3 Å². The molecule has 0 aromatic heterocycles. The van der Waals surface area contributed by atoms with E-state index < -0.39 is 43.8 Å². The highest BCUT2D eigenvalue weighted by atomic mass is 32.2. The quantitative estimate of drug-likeness (QED) is 0.259. The van der Waals surface area contributed by atoms with E-state index in [4.69, 9.17) is 9.47 Å². The van der Waals surface area contributed by atoms with Crippen LogP contribution in [0.2, 0.25) is 0 Å². The molecular weight excluding hydrogens is 588 g/mol. The van der Waals surface area contributed by atoms with Gasteiger partial charge in [-0.25, -0.2) is 21.6 Å². The summed E-state index contributed by atoms with van der Waals surface area (Å²) in [4.78, 5) is 13.5. The van der Waals surface area contributed by atoms with Gasteiger partial charge in [-0.05, 0) is 75.3 Å². The summed E-state index contributed by atoms with van der Waals surface area (Å²) in [6.45, 7) is 6.09. The number of carbonyl (C=O) groups excluding carboxylic acids is 1. The molecule has 1 N–H and O–H groups in total. The molecule has 4 aliphatic rings. The lowest BCUT2D eigenvalue weighted by atomic mass is 9.69. The standard InChI is InChI=1S/C32H50N2O7S2/c1-23-15-17-27(18-16-23)43(38,39)33-29(40-4)30(35)41-28-21-24-19-20-32(28,31(24,2)3)22-42(36,37)34(25-11-7-5-8-12-25)26-13-9-6-10-14-26/h15-18,24-26,28-29,33H,5-14,19-22H2,1-4H3/t24-,28-,29+,32-/m1/s1. The minimum Gasteiger partial charge on any atom is -0.459 e. The second kappa shape index (κ2) is 12.7. The summed E-state index contributed by atoms with van der Waals surface area (Å²) in [5.41, 5.74) is -0.215. The maximum atomic E-state index is 14.6. The summed E-state index contributed by atoms with van der Waals surface area (Å²) < 4.78 is 70.9. The van der Waals surface area contributed by atoms with Crippen molar-refractivity contribution in [3.8, 4) is 0 Å². The molecule has 4 fully saturated rings. The molecule has 0 amide bonds. The van der Waals surface area contributed by atoms with Crippen molar-refractivity contribution in [1.29, 1.82) is 0 Å². The van der Waals surface area contributed by atoms with Crippen molar-refractivity contribution in [2.24, 2.45) is 16.7 Å². The topological polar surface area (TPSA) is 119 Å². The molecule has 1 aromatic rings. The Morgan fingerprint density at radius 1 is 0.930 bits per heavy atom. The molecule has 4 aliphatic carbocycles. The van der Waals surface area contributed by atoms with E-state index in [0.29, 0.717) is 12.8 Å². The monoisotopic (exact) mass is 638 g/mol. The van der Waals surface area contributed by atoms with Gasteiger partial charge in [-0.2, -0.15) is 9.03 Å². The molecule has 4 saturated carbocycles. The molecule has 9 nitrogen and oxygen atoms in total. The van der Waals surface area contributed by atoms with Crippen LogP contribution in [0.1, 0.15) is 103 Å². The Balaban J connectivity index is 1.38. The molecule has 0 saturated heterocycles. The maximum absolute atomic E-state index is 14.6. The van der Waals surface area contributed by atoms with Crippen molar-refractivity contribution in [1.82, 2.24) is 9.03 Å². The van der Waals surface area contributed by atoms with Gasteiger partial charge in [0.05, 0.1) is 10.6 Å². The molecule has 242 valence electrons.